The number of ether oxygens (including phenoxy) is 3. The van der Waals surface area contributed by atoms with Gasteiger partial charge in [-0.2, -0.15) is 0 Å². The minimum absolute atomic E-state index is 0.139. The maximum Gasteiger partial charge on any atom is 0.350 e. The van der Waals surface area contributed by atoms with Crippen molar-refractivity contribution in [1.82, 2.24) is 5.32 Å². The summed E-state index contributed by atoms with van der Waals surface area (Å²) in [6.45, 7) is 2.69. The highest BCUT2D eigenvalue weighted by Gasteiger charge is 2.28. The zero-order valence-electron chi connectivity index (χ0n) is 15.6. The summed E-state index contributed by atoms with van der Waals surface area (Å²) < 4.78 is 16.0. The van der Waals surface area contributed by atoms with Gasteiger partial charge < -0.3 is 24.6 Å². The van der Waals surface area contributed by atoms with Gasteiger partial charge in [-0.3, -0.25) is 0 Å². The Bertz CT molecular complexity index is 764. The second-order valence-corrected chi connectivity index (χ2v) is 6.66. The van der Waals surface area contributed by atoms with Crippen molar-refractivity contribution in [2.75, 3.05) is 20.3 Å². The molecule has 0 saturated heterocycles. The number of fused-ring (bicyclic) bond motifs is 1. The molecule has 0 fully saturated rings. The lowest BCUT2D eigenvalue weighted by Crippen LogP contribution is -2.37. The Kier molecular flexibility index (Phi) is 6.32. The molecule has 6 heteroatoms. The Morgan fingerprint density at radius 2 is 2.04 bits per heavy atom. The van der Waals surface area contributed by atoms with Crippen LogP contribution >= 0.6 is 0 Å². The van der Waals surface area contributed by atoms with E-state index in [1.54, 1.807) is 0 Å². The predicted octanol–water partition coefficient (Wildman–Crippen LogP) is 2.25. The van der Waals surface area contributed by atoms with Crippen LogP contribution in [-0.4, -0.2) is 43.5 Å². The molecule has 2 N–H and O–H groups in total. The van der Waals surface area contributed by atoms with Gasteiger partial charge in [0.15, 0.2) is 11.5 Å². The van der Waals surface area contributed by atoms with E-state index in [9.17, 15) is 9.90 Å². The van der Waals surface area contributed by atoms with E-state index in [2.05, 4.69) is 17.0 Å². The second-order valence-electron chi connectivity index (χ2n) is 6.66. The first-order chi connectivity index (χ1) is 13.1. The topological polar surface area (TPSA) is 77.0 Å². The lowest BCUT2D eigenvalue weighted by Gasteiger charge is -2.25. The van der Waals surface area contributed by atoms with Gasteiger partial charge in [-0.1, -0.05) is 36.4 Å². The molecule has 3 rings (SSSR count). The normalized spacial score (nSPS) is 17.8. The highest BCUT2D eigenvalue weighted by molar-refractivity contribution is 5.75. The number of hydrogen-bond donors (Lipinski definition) is 2. The van der Waals surface area contributed by atoms with Gasteiger partial charge in [0.2, 0.25) is 6.10 Å². The number of aliphatic hydroxyl groups excluding tert-OH is 1. The summed E-state index contributed by atoms with van der Waals surface area (Å²) in [7, 11) is 1.33. The first-order valence-corrected chi connectivity index (χ1v) is 9.03. The number of methoxy groups -OCH3 is 1. The molecule has 3 atom stereocenters. The van der Waals surface area contributed by atoms with E-state index < -0.39 is 18.2 Å². The van der Waals surface area contributed by atoms with Crippen LogP contribution in [0.1, 0.15) is 24.2 Å². The Morgan fingerprint density at radius 3 is 2.78 bits per heavy atom. The van der Waals surface area contributed by atoms with Crippen molar-refractivity contribution in [3.63, 3.8) is 0 Å². The summed E-state index contributed by atoms with van der Waals surface area (Å²) in [4.78, 5) is 11.6. The van der Waals surface area contributed by atoms with Gasteiger partial charge >= 0.3 is 5.97 Å². The number of carbonyl (C=O) groups excluding carboxylic acids is 1. The van der Waals surface area contributed by atoms with Gasteiger partial charge in [-0.15, -0.1) is 0 Å². The minimum Gasteiger partial charge on any atom is -0.485 e. The molecule has 0 spiro atoms. The fraction of sp³-hybridized carbons (Fsp3) is 0.381. The molecule has 27 heavy (non-hydrogen) atoms. The number of aliphatic hydroxyl groups is 1. The third kappa shape index (κ3) is 4.99. The van der Waals surface area contributed by atoms with Crippen LogP contribution in [0.2, 0.25) is 0 Å². The number of esters is 1. The van der Waals surface area contributed by atoms with Gasteiger partial charge in [-0.25, -0.2) is 4.79 Å². The second kappa shape index (κ2) is 8.88. The maximum absolute atomic E-state index is 11.6. The van der Waals surface area contributed by atoms with Gasteiger partial charge in [0.25, 0.3) is 0 Å². The van der Waals surface area contributed by atoms with Crippen LogP contribution in [-0.2, 0) is 16.0 Å². The quantitative estimate of drug-likeness (QED) is 0.727. The molecule has 1 heterocycles. The highest BCUT2D eigenvalue weighted by Crippen LogP contribution is 2.33. The summed E-state index contributed by atoms with van der Waals surface area (Å²) in [6, 6.07) is 15.5. The Balaban J connectivity index is 1.53. The molecule has 3 unspecified atom stereocenters. The van der Waals surface area contributed by atoms with Crippen LogP contribution in [0.4, 0.5) is 0 Å². The van der Waals surface area contributed by atoms with Crippen molar-refractivity contribution in [2.45, 2.75) is 31.6 Å². The largest absolute Gasteiger partial charge is 0.485 e. The van der Waals surface area contributed by atoms with Gasteiger partial charge in [0.1, 0.15) is 6.61 Å². The Labute approximate surface area is 159 Å². The Morgan fingerprint density at radius 1 is 1.26 bits per heavy atom. The van der Waals surface area contributed by atoms with E-state index in [1.165, 1.54) is 7.11 Å². The van der Waals surface area contributed by atoms with Crippen LogP contribution in [0, 0.1) is 0 Å². The fourth-order valence-electron chi connectivity index (χ4n) is 3.02. The fourth-order valence-corrected chi connectivity index (χ4v) is 3.02. The number of benzene rings is 2. The molecular weight excluding hydrogens is 346 g/mol. The smallest absolute Gasteiger partial charge is 0.350 e. The lowest BCUT2D eigenvalue weighted by atomic mass is 10.0. The SMILES string of the molecule is COC(=O)C1COc2cc(CC(C)NCC(O)c3ccccc3)ccc2O1. The number of rotatable bonds is 7. The average molecular weight is 371 g/mol. The molecule has 1 aliphatic rings. The third-order valence-electron chi connectivity index (χ3n) is 4.52. The van der Waals surface area contributed by atoms with Crippen molar-refractivity contribution in [1.29, 1.82) is 0 Å². The molecule has 6 nitrogen and oxygen atoms in total. The summed E-state index contributed by atoms with van der Waals surface area (Å²) in [5.41, 5.74) is 1.99. The molecule has 0 bridgehead atoms. The molecule has 0 amide bonds. The van der Waals surface area contributed by atoms with E-state index in [0.717, 1.165) is 17.5 Å². The molecule has 2 aromatic carbocycles. The summed E-state index contributed by atoms with van der Waals surface area (Å²) >= 11 is 0. The molecule has 0 aliphatic carbocycles. The highest BCUT2D eigenvalue weighted by atomic mass is 16.6. The summed E-state index contributed by atoms with van der Waals surface area (Å²) in [6.07, 6.45) is -0.490. The predicted molar refractivity (Wildman–Crippen MR) is 101 cm³/mol. The number of nitrogens with one attached hydrogen (secondary N) is 1. The minimum atomic E-state index is -0.728. The third-order valence-corrected chi connectivity index (χ3v) is 4.52. The van der Waals surface area contributed by atoms with Gasteiger partial charge in [-0.05, 0) is 36.6 Å². The number of carbonyl (C=O) groups is 1. The molecule has 144 valence electrons. The van der Waals surface area contributed by atoms with Crippen molar-refractivity contribution < 1.29 is 24.1 Å². The van der Waals surface area contributed by atoms with E-state index >= 15 is 0 Å². The summed E-state index contributed by atoms with van der Waals surface area (Å²) in [5.74, 6) is 0.726. The summed E-state index contributed by atoms with van der Waals surface area (Å²) in [5, 5.41) is 13.6. The van der Waals surface area contributed by atoms with Crippen molar-refractivity contribution >= 4 is 5.97 Å². The first-order valence-electron chi connectivity index (χ1n) is 9.03. The van der Waals surface area contributed by atoms with Crippen molar-refractivity contribution in [3.05, 3.63) is 59.7 Å². The van der Waals surface area contributed by atoms with Crippen LogP contribution < -0.4 is 14.8 Å². The monoisotopic (exact) mass is 371 g/mol. The van der Waals surface area contributed by atoms with Crippen LogP contribution in [0.15, 0.2) is 48.5 Å². The van der Waals surface area contributed by atoms with E-state index in [1.807, 2.05) is 48.5 Å². The van der Waals surface area contributed by atoms with E-state index in [-0.39, 0.29) is 12.6 Å². The zero-order chi connectivity index (χ0) is 19.2. The molecule has 2 aromatic rings. The molecular formula is C21H25NO5. The molecule has 0 aromatic heterocycles. The zero-order valence-corrected chi connectivity index (χ0v) is 15.6. The first kappa shape index (κ1) is 19.2. The molecule has 0 saturated carbocycles. The lowest BCUT2D eigenvalue weighted by molar-refractivity contribution is -0.151. The van der Waals surface area contributed by atoms with E-state index in [0.29, 0.717) is 18.0 Å². The van der Waals surface area contributed by atoms with Crippen molar-refractivity contribution in [3.8, 4) is 11.5 Å². The molecule has 0 radical (unpaired) electrons. The maximum atomic E-state index is 11.6. The standard InChI is InChI=1S/C21H25NO5/c1-14(22-12-17(23)16-6-4-3-5-7-16)10-15-8-9-18-19(11-15)26-13-20(27-18)21(24)25-2/h3-9,11,14,17,20,22-23H,10,12-13H2,1-2H3. The van der Waals surface area contributed by atoms with Gasteiger partial charge in [0, 0.05) is 12.6 Å². The average Bonchev–Trinajstić information content (AvgIpc) is 2.71. The van der Waals surface area contributed by atoms with Crippen LogP contribution in [0.5, 0.6) is 11.5 Å². The van der Waals surface area contributed by atoms with Crippen LogP contribution in [0.25, 0.3) is 0 Å². The molecule has 1 aliphatic heterocycles. The van der Waals surface area contributed by atoms with Gasteiger partial charge in [0.05, 0.1) is 13.2 Å². The van der Waals surface area contributed by atoms with E-state index in [4.69, 9.17) is 9.47 Å². The van der Waals surface area contributed by atoms with Crippen molar-refractivity contribution in [2.24, 2.45) is 0 Å². The number of hydrogen-bond acceptors (Lipinski definition) is 6. The van der Waals surface area contributed by atoms with Crippen LogP contribution in [0.3, 0.4) is 0 Å². The Hall–Kier alpha value is -2.57.